The predicted octanol–water partition coefficient (Wildman–Crippen LogP) is 2.17. The van der Waals surface area contributed by atoms with Gasteiger partial charge in [-0.25, -0.2) is 4.98 Å². The number of aromatic nitrogens is 1. The summed E-state index contributed by atoms with van der Waals surface area (Å²) in [7, 11) is 3.21. The van der Waals surface area contributed by atoms with Crippen LogP contribution < -0.4 is 15.2 Å². The highest BCUT2D eigenvalue weighted by Gasteiger charge is 2.13. The average molecular weight is 262 g/mol. The summed E-state index contributed by atoms with van der Waals surface area (Å²) < 4.78 is 16.2. The lowest BCUT2D eigenvalue weighted by molar-refractivity contribution is 0.355. The molecule has 1 heterocycles. The Morgan fingerprint density at radius 2 is 1.95 bits per heavy atom. The SMILES string of the molecule is COc1ccc(-c2oc(CCN)nc2C)cc1OC. The number of aryl methyl sites for hydroxylation is 1. The second-order valence-electron chi connectivity index (χ2n) is 4.13. The van der Waals surface area contributed by atoms with E-state index in [0.717, 1.165) is 17.0 Å². The number of ether oxygens (including phenoxy) is 2. The smallest absolute Gasteiger partial charge is 0.196 e. The molecule has 5 nitrogen and oxygen atoms in total. The molecule has 0 aliphatic heterocycles. The van der Waals surface area contributed by atoms with Gasteiger partial charge in [0.15, 0.2) is 23.1 Å². The van der Waals surface area contributed by atoms with Crippen LogP contribution in [0.4, 0.5) is 0 Å². The number of oxazole rings is 1. The number of benzene rings is 1. The fraction of sp³-hybridized carbons (Fsp3) is 0.357. The molecule has 2 aromatic rings. The Hall–Kier alpha value is -2.01. The molecule has 0 aliphatic carbocycles. The van der Waals surface area contributed by atoms with Crippen molar-refractivity contribution in [2.24, 2.45) is 5.73 Å². The molecule has 0 aliphatic rings. The predicted molar refractivity (Wildman–Crippen MR) is 72.5 cm³/mol. The highest BCUT2D eigenvalue weighted by Crippen LogP contribution is 2.33. The molecular formula is C14H18N2O3. The summed E-state index contributed by atoms with van der Waals surface area (Å²) in [6.45, 7) is 2.43. The van der Waals surface area contributed by atoms with Crippen LogP contribution in [-0.4, -0.2) is 25.7 Å². The molecule has 0 bridgehead atoms. The van der Waals surface area contributed by atoms with Crippen LogP contribution in [0.5, 0.6) is 11.5 Å². The first kappa shape index (κ1) is 13.4. The average Bonchev–Trinajstić information content (AvgIpc) is 2.79. The number of hydrogen-bond donors (Lipinski definition) is 1. The molecule has 0 spiro atoms. The van der Waals surface area contributed by atoms with Crippen LogP contribution >= 0.6 is 0 Å². The van der Waals surface area contributed by atoms with Crippen LogP contribution in [-0.2, 0) is 6.42 Å². The molecule has 1 aromatic heterocycles. The molecule has 0 saturated heterocycles. The van der Waals surface area contributed by atoms with Crippen molar-refractivity contribution in [3.63, 3.8) is 0 Å². The van der Waals surface area contributed by atoms with E-state index in [2.05, 4.69) is 4.98 Å². The van der Waals surface area contributed by atoms with Gasteiger partial charge in [-0.05, 0) is 25.1 Å². The van der Waals surface area contributed by atoms with Crippen molar-refractivity contribution in [2.75, 3.05) is 20.8 Å². The van der Waals surface area contributed by atoms with Crippen LogP contribution in [0.3, 0.4) is 0 Å². The van der Waals surface area contributed by atoms with E-state index in [1.165, 1.54) is 0 Å². The summed E-state index contributed by atoms with van der Waals surface area (Å²) in [5.41, 5.74) is 7.26. The minimum atomic E-state index is 0.519. The molecule has 5 heteroatoms. The van der Waals surface area contributed by atoms with Gasteiger partial charge < -0.3 is 19.6 Å². The number of methoxy groups -OCH3 is 2. The van der Waals surface area contributed by atoms with Crippen molar-refractivity contribution < 1.29 is 13.9 Å². The number of hydrogen-bond acceptors (Lipinski definition) is 5. The summed E-state index contributed by atoms with van der Waals surface area (Å²) in [6.07, 6.45) is 0.633. The molecule has 0 radical (unpaired) electrons. The second-order valence-corrected chi connectivity index (χ2v) is 4.13. The van der Waals surface area contributed by atoms with Crippen molar-refractivity contribution in [3.8, 4) is 22.8 Å². The Bertz CT molecular complexity index is 564. The topological polar surface area (TPSA) is 70.5 Å². The summed E-state index contributed by atoms with van der Waals surface area (Å²) in [5, 5.41) is 0. The van der Waals surface area contributed by atoms with E-state index in [9.17, 15) is 0 Å². The Morgan fingerprint density at radius 1 is 1.21 bits per heavy atom. The van der Waals surface area contributed by atoms with E-state index in [1.807, 2.05) is 25.1 Å². The molecule has 2 N–H and O–H groups in total. The van der Waals surface area contributed by atoms with Crippen molar-refractivity contribution in [1.29, 1.82) is 0 Å². The molecule has 0 unspecified atom stereocenters. The van der Waals surface area contributed by atoms with Gasteiger partial charge >= 0.3 is 0 Å². The Balaban J connectivity index is 2.41. The van der Waals surface area contributed by atoms with Crippen LogP contribution in [0.25, 0.3) is 11.3 Å². The molecular weight excluding hydrogens is 244 g/mol. The fourth-order valence-corrected chi connectivity index (χ4v) is 1.93. The third-order valence-electron chi connectivity index (χ3n) is 2.84. The first-order chi connectivity index (χ1) is 9.19. The van der Waals surface area contributed by atoms with Gasteiger partial charge in [-0.3, -0.25) is 0 Å². The largest absolute Gasteiger partial charge is 0.493 e. The van der Waals surface area contributed by atoms with Crippen molar-refractivity contribution in [3.05, 3.63) is 29.8 Å². The lowest BCUT2D eigenvalue weighted by Crippen LogP contribution is -2.02. The fourth-order valence-electron chi connectivity index (χ4n) is 1.93. The van der Waals surface area contributed by atoms with Crippen LogP contribution in [0.1, 0.15) is 11.6 Å². The minimum absolute atomic E-state index is 0.519. The number of nitrogens with two attached hydrogens (primary N) is 1. The summed E-state index contributed by atoms with van der Waals surface area (Å²) in [6, 6.07) is 5.64. The molecule has 102 valence electrons. The molecule has 19 heavy (non-hydrogen) atoms. The Morgan fingerprint density at radius 3 is 2.58 bits per heavy atom. The first-order valence-electron chi connectivity index (χ1n) is 6.08. The van der Waals surface area contributed by atoms with Gasteiger partial charge in [0.05, 0.1) is 19.9 Å². The van der Waals surface area contributed by atoms with Gasteiger partial charge in [-0.2, -0.15) is 0 Å². The van der Waals surface area contributed by atoms with Crippen molar-refractivity contribution >= 4 is 0 Å². The zero-order valence-electron chi connectivity index (χ0n) is 11.4. The third kappa shape index (κ3) is 2.71. The Labute approximate surface area is 112 Å². The molecule has 1 aromatic carbocycles. The van der Waals surface area contributed by atoms with E-state index in [1.54, 1.807) is 14.2 Å². The van der Waals surface area contributed by atoms with E-state index >= 15 is 0 Å². The maximum atomic E-state index is 5.73. The molecule has 0 fully saturated rings. The van der Waals surface area contributed by atoms with E-state index in [0.29, 0.717) is 30.4 Å². The summed E-state index contributed by atoms with van der Waals surface area (Å²) in [5.74, 6) is 2.75. The van der Waals surface area contributed by atoms with E-state index < -0.39 is 0 Å². The van der Waals surface area contributed by atoms with E-state index in [-0.39, 0.29) is 0 Å². The maximum absolute atomic E-state index is 5.73. The highest BCUT2D eigenvalue weighted by atomic mass is 16.5. The molecule has 0 atom stereocenters. The lowest BCUT2D eigenvalue weighted by Gasteiger charge is -2.08. The van der Waals surface area contributed by atoms with Crippen LogP contribution in [0.2, 0.25) is 0 Å². The zero-order chi connectivity index (χ0) is 13.8. The van der Waals surface area contributed by atoms with E-state index in [4.69, 9.17) is 19.6 Å². The number of nitrogens with zero attached hydrogens (tertiary/aromatic N) is 1. The molecule has 0 amide bonds. The standard InChI is InChI=1S/C14H18N2O3/c1-9-14(19-13(16-9)6-7-15)10-4-5-11(17-2)12(8-10)18-3/h4-5,8H,6-7,15H2,1-3H3. The van der Waals surface area contributed by atoms with Crippen molar-refractivity contribution in [1.82, 2.24) is 4.98 Å². The van der Waals surface area contributed by atoms with Gasteiger partial charge in [-0.15, -0.1) is 0 Å². The van der Waals surface area contributed by atoms with Crippen LogP contribution in [0, 0.1) is 6.92 Å². The highest BCUT2D eigenvalue weighted by molar-refractivity contribution is 5.64. The third-order valence-corrected chi connectivity index (χ3v) is 2.84. The van der Waals surface area contributed by atoms with Gasteiger partial charge in [0.1, 0.15) is 0 Å². The summed E-state index contributed by atoms with van der Waals surface area (Å²) in [4.78, 5) is 4.36. The van der Waals surface area contributed by atoms with Crippen molar-refractivity contribution in [2.45, 2.75) is 13.3 Å². The first-order valence-corrected chi connectivity index (χ1v) is 6.08. The Kier molecular flexibility index (Phi) is 4.06. The zero-order valence-corrected chi connectivity index (χ0v) is 11.4. The lowest BCUT2D eigenvalue weighted by atomic mass is 10.1. The molecule has 2 rings (SSSR count). The maximum Gasteiger partial charge on any atom is 0.196 e. The monoisotopic (exact) mass is 262 g/mol. The molecule has 0 saturated carbocycles. The van der Waals surface area contributed by atoms with Gasteiger partial charge in [-0.1, -0.05) is 0 Å². The summed E-state index contributed by atoms with van der Waals surface area (Å²) >= 11 is 0. The minimum Gasteiger partial charge on any atom is -0.493 e. The normalized spacial score (nSPS) is 10.5. The van der Waals surface area contributed by atoms with Gasteiger partial charge in [0.25, 0.3) is 0 Å². The van der Waals surface area contributed by atoms with Crippen LogP contribution in [0.15, 0.2) is 22.6 Å². The van der Waals surface area contributed by atoms with Gasteiger partial charge in [0.2, 0.25) is 0 Å². The second kappa shape index (κ2) is 5.75. The number of rotatable bonds is 5. The quantitative estimate of drug-likeness (QED) is 0.894. The van der Waals surface area contributed by atoms with Gasteiger partial charge in [0, 0.05) is 18.5 Å².